The third-order valence-electron chi connectivity index (χ3n) is 2.57. The third-order valence-corrected chi connectivity index (χ3v) is 2.57. The SMILES string of the molecule is N#CCC(NC1COC1)c1ccccc1. The van der Waals surface area contributed by atoms with E-state index in [0.717, 1.165) is 13.2 Å². The predicted molar refractivity (Wildman–Crippen MR) is 57.2 cm³/mol. The van der Waals surface area contributed by atoms with Crippen LogP contribution in [0.5, 0.6) is 0 Å². The number of hydrogen-bond donors (Lipinski definition) is 1. The molecule has 0 amide bonds. The van der Waals surface area contributed by atoms with E-state index in [2.05, 4.69) is 23.5 Å². The molecule has 0 aliphatic carbocycles. The maximum Gasteiger partial charge on any atom is 0.0643 e. The van der Waals surface area contributed by atoms with Crippen LogP contribution in [0.3, 0.4) is 0 Å². The molecule has 1 aliphatic heterocycles. The molecule has 1 aliphatic rings. The normalized spacial score (nSPS) is 17.8. The molecule has 1 aromatic carbocycles. The molecule has 2 rings (SSSR count). The summed E-state index contributed by atoms with van der Waals surface area (Å²) in [4.78, 5) is 0. The van der Waals surface area contributed by atoms with Crippen molar-refractivity contribution in [2.24, 2.45) is 0 Å². The lowest BCUT2D eigenvalue weighted by Crippen LogP contribution is -2.47. The Hall–Kier alpha value is -1.37. The largest absolute Gasteiger partial charge is 0.378 e. The first kappa shape index (κ1) is 10.2. The molecule has 15 heavy (non-hydrogen) atoms. The molecule has 1 unspecified atom stereocenters. The number of ether oxygens (including phenoxy) is 1. The lowest BCUT2D eigenvalue weighted by molar-refractivity contribution is -0.00993. The topological polar surface area (TPSA) is 45.0 Å². The molecule has 1 atom stereocenters. The molecule has 0 saturated carbocycles. The second kappa shape index (κ2) is 4.92. The van der Waals surface area contributed by atoms with Gasteiger partial charge < -0.3 is 10.1 Å². The van der Waals surface area contributed by atoms with E-state index < -0.39 is 0 Å². The molecule has 78 valence electrons. The third kappa shape index (κ3) is 2.56. The van der Waals surface area contributed by atoms with Crippen molar-refractivity contribution >= 4 is 0 Å². The van der Waals surface area contributed by atoms with Gasteiger partial charge in [0, 0.05) is 6.04 Å². The highest BCUT2D eigenvalue weighted by molar-refractivity contribution is 5.20. The smallest absolute Gasteiger partial charge is 0.0643 e. The van der Waals surface area contributed by atoms with Crippen LogP contribution < -0.4 is 5.32 Å². The van der Waals surface area contributed by atoms with Gasteiger partial charge >= 0.3 is 0 Å². The molecule has 1 saturated heterocycles. The van der Waals surface area contributed by atoms with Gasteiger partial charge in [0.25, 0.3) is 0 Å². The first-order chi connectivity index (χ1) is 7.40. The first-order valence-electron chi connectivity index (χ1n) is 5.16. The van der Waals surface area contributed by atoms with Crippen LogP contribution in [0.2, 0.25) is 0 Å². The van der Waals surface area contributed by atoms with Gasteiger partial charge in [-0.3, -0.25) is 0 Å². The van der Waals surface area contributed by atoms with Crippen LogP contribution in [0.4, 0.5) is 0 Å². The summed E-state index contributed by atoms with van der Waals surface area (Å²) in [5.74, 6) is 0. The van der Waals surface area contributed by atoms with Crippen molar-refractivity contribution in [1.82, 2.24) is 5.32 Å². The van der Waals surface area contributed by atoms with Crippen LogP contribution in [0, 0.1) is 11.3 Å². The van der Waals surface area contributed by atoms with Crippen LogP contribution in [-0.4, -0.2) is 19.3 Å². The minimum atomic E-state index is 0.130. The molecule has 1 fully saturated rings. The molecule has 3 heteroatoms. The Morgan fingerprint density at radius 2 is 2.13 bits per heavy atom. The number of hydrogen-bond acceptors (Lipinski definition) is 3. The monoisotopic (exact) mass is 202 g/mol. The van der Waals surface area contributed by atoms with E-state index in [1.807, 2.05) is 18.2 Å². The van der Waals surface area contributed by atoms with E-state index in [1.165, 1.54) is 5.56 Å². The second-order valence-corrected chi connectivity index (χ2v) is 3.73. The minimum absolute atomic E-state index is 0.130. The fourth-order valence-electron chi connectivity index (χ4n) is 1.67. The van der Waals surface area contributed by atoms with Crippen LogP contribution in [0.1, 0.15) is 18.0 Å². The second-order valence-electron chi connectivity index (χ2n) is 3.73. The number of nitrogens with zero attached hydrogens (tertiary/aromatic N) is 1. The zero-order valence-corrected chi connectivity index (χ0v) is 8.52. The Morgan fingerprint density at radius 3 is 2.67 bits per heavy atom. The number of rotatable bonds is 4. The average Bonchev–Trinajstić information content (AvgIpc) is 2.23. The standard InChI is InChI=1S/C12H14N2O/c13-7-6-12(14-11-8-15-9-11)10-4-2-1-3-5-10/h1-5,11-12,14H,6,8-9H2. The number of nitrogens with one attached hydrogen (secondary N) is 1. The summed E-state index contributed by atoms with van der Waals surface area (Å²) in [6.07, 6.45) is 0.501. The summed E-state index contributed by atoms with van der Waals surface area (Å²) >= 11 is 0. The van der Waals surface area contributed by atoms with E-state index in [9.17, 15) is 0 Å². The van der Waals surface area contributed by atoms with Gasteiger partial charge in [-0.2, -0.15) is 5.26 Å². The van der Waals surface area contributed by atoms with Crippen LogP contribution in [-0.2, 0) is 4.74 Å². The fraction of sp³-hybridized carbons (Fsp3) is 0.417. The summed E-state index contributed by atoms with van der Waals surface area (Å²) in [7, 11) is 0. The molecule has 3 nitrogen and oxygen atoms in total. The highest BCUT2D eigenvalue weighted by atomic mass is 16.5. The zero-order valence-electron chi connectivity index (χ0n) is 8.52. The van der Waals surface area contributed by atoms with E-state index in [0.29, 0.717) is 12.5 Å². The Kier molecular flexibility index (Phi) is 3.33. The van der Waals surface area contributed by atoms with Crippen molar-refractivity contribution in [3.63, 3.8) is 0 Å². The van der Waals surface area contributed by atoms with Crippen LogP contribution >= 0.6 is 0 Å². The maximum atomic E-state index is 8.78. The molecule has 1 heterocycles. The summed E-state index contributed by atoms with van der Waals surface area (Å²) in [5.41, 5.74) is 1.17. The molecule has 0 spiro atoms. The molecule has 1 N–H and O–H groups in total. The lowest BCUT2D eigenvalue weighted by atomic mass is 10.0. The fourth-order valence-corrected chi connectivity index (χ4v) is 1.67. The van der Waals surface area contributed by atoms with Crippen molar-refractivity contribution in [3.05, 3.63) is 35.9 Å². The Bertz CT molecular complexity index is 340. The minimum Gasteiger partial charge on any atom is -0.378 e. The van der Waals surface area contributed by atoms with Crippen molar-refractivity contribution in [2.75, 3.05) is 13.2 Å². The van der Waals surface area contributed by atoms with Crippen molar-refractivity contribution in [2.45, 2.75) is 18.5 Å². The van der Waals surface area contributed by atoms with E-state index >= 15 is 0 Å². The van der Waals surface area contributed by atoms with E-state index in [4.69, 9.17) is 10.00 Å². The summed E-state index contributed by atoms with van der Waals surface area (Å²) in [6, 6.07) is 12.8. The molecule has 0 bridgehead atoms. The summed E-state index contributed by atoms with van der Waals surface area (Å²) < 4.78 is 5.10. The van der Waals surface area contributed by atoms with Crippen molar-refractivity contribution < 1.29 is 4.74 Å². The Labute approximate surface area is 89.7 Å². The highest BCUT2D eigenvalue weighted by Gasteiger charge is 2.22. The van der Waals surface area contributed by atoms with Gasteiger partial charge in [0.2, 0.25) is 0 Å². The van der Waals surface area contributed by atoms with Gasteiger partial charge in [-0.1, -0.05) is 30.3 Å². The van der Waals surface area contributed by atoms with Gasteiger partial charge in [-0.15, -0.1) is 0 Å². The number of benzene rings is 1. The zero-order chi connectivity index (χ0) is 10.5. The van der Waals surface area contributed by atoms with Crippen molar-refractivity contribution in [3.8, 4) is 6.07 Å². The predicted octanol–water partition coefficient (Wildman–Crippen LogP) is 1.63. The van der Waals surface area contributed by atoms with Gasteiger partial charge in [0.15, 0.2) is 0 Å². The summed E-state index contributed by atoms with van der Waals surface area (Å²) in [5, 5.41) is 12.2. The highest BCUT2D eigenvalue weighted by Crippen LogP contribution is 2.18. The lowest BCUT2D eigenvalue weighted by Gasteiger charge is -2.31. The van der Waals surface area contributed by atoms with Crippen molar-refractivity contribution in [1.29, 1.82) is 5.26 Å². The molecular weight excluding hydrogens is 188 g/mol. The quantitative estimate of drug-likeness (QED) is 0.807. The first-order valence-corrected chi connectivity index (χ1v) is 5.16. The Balaban J connectivity index is 2.02. The summed E-state index contributed by atoms with van der Waals surface area (Å²) in [6.45, 7) is 1.52. The van der Waals surface area contributed by atoms with Crippen LogP contribution in [0.15, 0.2) is 30.3 Å². The molecule has 1 aromatic rings. The average molecular weight is 202 g/mol. The molecule has 0 radical (unpaired) electrons. The van der Waals surface area contributed by atoms with Gasteiger partial charge in [-0.25, -0.2) is 0 Å². The maximum absolute atomic E-state index is 8.78. The van der Waals surface area contributed by atoms with E-state index in [-0.39, 0.29) is 6.04 Å². The Morgan fingerprint density at radius 1 is 1.40 bits per heavy atom. The van der Waals surface area contributed by atoms with Gasteiger partial charge in [-0.05, 0) is 5.56 Å². The van der Waals surface area contributed by atoms with E-state index in [1.54, 1.807) is 0 Å². The molecular formula is C12H14N2O. The van der Waals surface area contributed by atoms with Crippen LogP contribution in [0.25, 0.3) is 0 Å². The molecule has 0 aromatic heterocycles. The van der Waals surface area contributed by atoms with Gasteiger partial charge in [0.1, 0.15) is 0 Å². The van der Waals surface area contributed by atoms with Gasteiger partial charge in [0.05, 0.1) is 31.7 Å². The number of nitriles is 1.